The number of nitrogens with zero attached hydrogens (tertiary/aromatic N) is 2. The van der Waals surface area contributed by atoms with Gasteiger partial charge in [-0.05, 0) is 29.8 Å². The smallest absolute Gasteiger partial charge is 0.239 e. The van der Waals surface area contributed by atoms with Crippen LogP contribution in [-0.4, -0.2) is 28.5 Å². The summed E-state index contributed by atoms with van der Waals surface area (Å²) < 4.78 is 0.562. The van der Waals surface area contributed by atoms with Gasteiger partial charge in [-0.25, -0.2) is 9.97 Å². The number of amides is 1. The van der Waals surface area contributed by atoms with Crippen LogP contribution in [0.4, 0.5) is 11.6 Å². The average molecular weight is 288 g/mol. The standard InChI is InChI=1S/C9H14BrN5O/c1-5(2)15-6(16)3-12-9-7(10)8(11)13-4-14-9/h4-5H,3H2,1-2H3,(H,15,16)(H3,11,12,13,14). The second-order valence-electron chi connectivity index (χ2n) is 3.50. The van der Waals surface area contributed by atoms with E-state index in [1.54, 1.807) is 0 Å². The van der Waals surface area contributed by atoms with Crippen molar-refractivity contribution in [2.45, 2.75) is 19.9 Å². The third kappa shape index (κ3) is 3.65. The number of anilines is 2. The van der Waals surface area contributed by atoms with Crippen molar-refractivity contribution in [3.05, 3.63) is 10.8 Å². The van der Waals surface area contributed by atoms with Gasteiger partial charge in [0.15, 0.2) is 0 Å². The van der Waals surface area contributed by atoms with Crippen molar-refractivity contribution in [3.63, 3.8) is 0 Å². The Kier molecular flexibility index (Phi) is 4.48. The molecule has 0 saturated carbocycles. The van der Waals surface area contributed by atoms with Crippen LogP contribution in [0.1, 0.15) is 13.8 Å². The summed E-state index contributed by atoms with van der Waals surface area (Å²) in [5.41, 5.74) is 5.57. The van der Waals surface area contributed by atoms with E-state index in [0.29, 0.717) is 16.1 Å². The summed E-state index contributed by atoms with van der Waals surface area (Å²) in [6.07, 6.45) is 1.34. The van der Waals surface area contributed by atoms with Gasteiger partial charge in [-0.3, -0.25) is 4.79 Å². The predicted octanol–water partition coefficient (Wildman–Crippen LogP) is 0.758. The topological polar surface area (TPSA) is 92.9 Å². The van der Waals surface area contributed by atoms with Crippen molar-refractivity contribution >= 4 is 33.5 Å². The summed E-state index contributed by atoms with van der Waals surface area (Å²) >= 11 is 3.24. The highest BCUT2D eigenvalue weighted by atomic mass is 79.9. The molecule has 4 N–H and O–H groups in total. The predicted molar refractivity (Wildman–Crippen MR) is 65.9 cm³/mol. The van der Waals surface area contributed by atoms with E-state index in [1.165, 1.54) is 6.33 Å². The molecule has 0 aliphatic rings. The van der Waals surface area contributed by atoms with Crippen molar-refractivity contribution in [1.29, 1.82) is 0 Å². The van der Waals surface area contributed by atoms with Crippen LogP contribution in [0.25, 0.3) is 0 Å². The Morgan fingerprint density at radius 3 is 2.88 bits per heavy atom. The monoisotopic (exact) mass is 287 g/mol. The third-order valence-corrected chi connectivity index (χ3v) is 2.46. The molecule has 0 aliphatic carbocycles. The molecule has 0 fully saturated rings. The summed E-state index contributed by atoms with van der Waals surface area (Å²) in [6, 6.07) is 0.119. The molecule has 16 heavy (non-hydrogen) atoms. The van der Waals surface area contributed by atoms with E-state index in [1.807, 2.05) is 13.8 Å². The van der Waals surface area contributed by atoms with Gasteiger partial charge in [-0.15, -0.1) is 0 Å². The second kappa shape index (κ2) is 5.64. The Morgan fingerprint density at radius 1 is 1.56 bits per heavy atom. The van der Waals surface area contributed by atoms with E-state index in [9.17, 15) is 4.79 Å². The highest BCUT2D eigenvalue weighted by Crippen LogP contribution is 2.23. The normalized spacial score (nSPS) is 10.2. The maximum atomic E-state index is 11.4. The van der Waals surface area contributed by atoms with E-state index >= 15 is 0 Å². The number of hydrogen-bond acceptors (Lipinski definition) is 5. The highest BCUT2D eigenvalue weighted by Gasteiger charge is 2.08. The van der Waals surface area contributed by atoms with E-state index in [-0.39, 0.29) is 18.5 Å². The highest BCUT2D eigenvalue weighted by molar-refractivity contribution is 9.10. The number of nitrogens with two attached hydrogens (primary N) is 1. The van der Waals surface area contributed by atoms with Gasteiger partial charge in [0.2, 0.25) is 5.91 Å². The fourth-order valence-corrected chi connectivity index (χ4v) is 1.39. The molecule has 1 aromatic heterocycles. The minimum absolute atomic E-state index is 0.0981. The summed E-state index contributed by atoms with van der Waals surface area (Å²) in [5.74, 6) is 0.743. The average Bonchev–Trinajstić information content (AvgIpc) is 2.19. The Hall–Kier alpha value is -1.37. The zero-order valence-electron chi connectivity index (χ0n) is 9.12. The fourth-order valence-electron chi connectivity index (χ4n) is 1.04. The molecule has 0 bridgehead atoms. The van der Waals surface area contributed by atoms with Crippen molar-refractivity contribution in [1.82, 2.24) is 15.3 Å². The maximum absolute atomic E-state index is 11.4. The molecule has 1 aromatic rings. The minimum atomic E-state index is -0.0981. The van der Waals surface area contributed by atoms with Crippen LogP contribution in [0.2, 0.25) is 0 Å². The van der Waals surface area contributed by atoms with Crippen LogP contribution >= 0.6 is 15.9 Å². The number of nitrogens with one attached hydrogen (secondary N) is 2. The summed E-state index contributed by atoms with van der Waals surface area (Å²) in [5, 5.41) is 5.62. The first-order valence-corrected chi connectivity index (χ1v) is 5.59. The lowest BCUT2D eigenvalue weighted by Crippen LogP contribution is -2.35. The van der Waals surface area contributed by atoms with Gasteiger partial charge >= 0.3 is 0 Å². The molecule has 1 amide bonds. The Balaban J connectivity index is 2.55. The van der Waals surface area contributed by atoms with Crippen LogP contribution in [0, 0.1) is 0 Å². The lowest BCUT2D eigenvalue weighted by molar-refractivity contribution is -0.119. The Bertz CT molecular complexity index is 382. The first kappa shape index (κ1) is 12.7. The molecule has 0 unspecified atom stereocenters. The second-order valence-corrected chi connectivity index (χ2v) is 4.29. The lowest BCUT2D eigenvalue weighted by atomic mass is 10.4. The van der Waals surface area contributed by atoms with Crippen molar-refractivity contribution in [2.75, 3.05) is 17.6 Å². The molecule has 88 valence electrons. The first-order valence-electron chi connectivity index (χ1n) is 4.80. The molecule has 0 spiro atoms. The van der Waals surface area contributed by atoms with Gasteiger partial charge in [0.1, 0.15) is 22.4 Å². The van der Waals surface area contributed by atoms with Crippen LogP contribution in [0.15, 0.2) is 10.8 Å². The largest absolute Gasteiger partial charge is 0.383 e. The number of halogens is 1. The molecular formula is C9H14BrN5O. The molecular weight excluding hydrogens is 274 g/mol. The number of carbonyl (C=O) groups excluding carboxylic acids is 1. The minimum Gasteiger partial charge on any atom is -0.383 e. The number of aromatic nitrogens is 2. The maximum Gasteiger partial charge on any atom is 0.239 e. The van der Waals surface area contributed by atoms with Gasteiger partial charge in [0.05, 0.1) is 6.54 Å². The fraction of sp³-hybridized carbons (Fsp3) is 0.444. The molecule has 0 aliphatic heterocycles. The number of carbonyl (C=O) groups is 1. The third-order valence-electron chi connectivity index (χ3n) is 1.68. The van der Waals surface area contributed by atoms with Gasteiger partial charge < -0.3 is 16.4 Å². The first-order chi connectivity index (χ1) is 7.50. The zero-order chi connectivity index (χ0) is 12.1. The van der Waals surface area contributed by atoms with Crippen LogP contribution < -0.4 is 16.4 Å². The van der Waals surface area contributed by atoms with Crippen molar-refractivity contribution in [3.8, 4) is 0 Å². The molecule has 7 heteroatoms. The summed E-state index contributed by atoms with van der Waals surface area (Å²) in [6.45, 7) is 3.94. The quantitative estimate of drug-likeness (QED) is 0.760. The van der Waals surface area contributed by atoms with E-state index < -0.39 is 0 Å². The molecule has 1 rings (SSSR count). The molecule has 6 nitrogen and oxygen atoms in total. The van der Waals surface area contributed by atoms with Crippen molar-refractivity contribution < 1.29 is 4.79 Å². The van der Waals surface area contributed by atoms with Gasteiger partial charge in [-0.2, -0.15) is 0 Å². The number of hydrogen-bond donors (Lipinski definition) is 3. The van der Waals surface area contributed by atoms with Crippen molar-refractivity contribution in [2.24, 2.45) is 0 Å². The SMILES string of the molecule is CC(C)NC(=O)CNc1ncnc(N)c1Br. The van der Waals surface area contributed by atoms with E-state index in [4.69, 9.17) is 5.73 Å². The van der Waals surface area contributed by atoms with E-state index in [0.717, 1.165) is 0 Å². The van der Waals surface area contributed by atoms with Gasteiger partial charge in [-0.1, -0.05) is 0 Å². The van der Waals surface area contributed by atoms with Crippen LogP contribution in [0.3, 0.4) is 0 Å². The molecule has 0 saturated heterocycles. The Morgan fingerprint density at radius 2 is 2.25 bits per heavy atom. The summed E-state index contributed by atoms with van der Waals surface area (Å²) in [7, 11) is 0. The van der Waals surface area contributed by atoms with Crippen LogP contribution in [0.5, 0.6) is 0 Å². The van der Waals surface area contributed by atoms with Gasteiger partial charge in [0.25, 0.3) is 0 Å². The number of nitrogen functional groups attached to an aromatic ring is 1. The summed E-state index contributed by atoms with van der Waals surface area (Å²) in [4.78, 5) is 19.1. The number of rotatable bonds is 4. The zero-order valence-corrected chi connectivity index (χ0v) is 10.7. The van der Waals surface area contributed by atoms with Crippen LogP contribution in [-0.2, 0) is 4.79 Å². The van der Waals surface area contributed by atoms with Gasteiger partial charge in [0, 0.05) is 6.04 Å². The molecule has 0 aromatic carbocycles. The molecule has 0 atom stereocenters. The molecule has 1 heterocycles. The van der Waals surface area contributed by atoms with E-state index in [2.05, 4.69) is 36.5 Å². The lowest BCUT2D eigenvalue weighted by Gasteiger charge is -2.10. The molecule has 0 radical (unpaired) electrons. The Labute approximate surface area is 102 Å².